The highest BCUT2D eigenvalue weighted by molar-refractivity contribution is 6.02. The Bertz CT molecular complexity index is 429. The van der Waals surface area contributed by atoms with E-state index in [0.717, 1.165) is 0 Å². The quantitative estimate of drug-likeness (QED) is 0.265. The van der Waals surface area contributed by atoms with Gasteiger partial charge in [-0.2, -0.15) is 0 Å². The Labute approximate surface area is 140 Å². The summed E-state index contributed by atoms with van der Waals surface area (Å²) < 4.78 is 13.7. The fraction of sp³-hybridized carbons (Fsp3) is 0.600. The SMILES string of the molecule is C=C(C)C(=O)OCCO.CCOC(=O)C(NC(C)=O)C(=O)OCC. The molecule has 0 rings (SSSR count). The number of carbonyl (C=O) groups excluding carboxylic acids is 4. The lowest BCUT2D eigenvalue weighted by atomic mass is 10.3. The minimum atomic E-state index is -1.37. The van der Waals surface area contributed by atoms with E-state index in [4.69, 9.17) is 5.11 Å². The monoisotopic (exact) mass is 347 g/mol. The van der Waals surface area contributed by atoms with Crippen LogP contribution in [-0.4, -0.2) is 61.4 Å². The first-order valence-corrected chi connectivity index (χ1v) is 7.24. The Morgan fingerprint density at radius 3 is 1.75 bits per heavy atom. The van der Waals surface area contributed by atoms with Crippen LogP contribution in [0.3, 0.4) is 0 Å². The van der Waals surface area contributed by atoms with E-state index in [-0.39, 0.29) is 26.4 Å². The molecule has 0 radical (unpaired) electrons. The molecule has 0 unspecified atom stereocenters. The van der Waals surface area contributed by atoms with E-state index >= 15 is 0 Å². The van der Waals surface area contributed by atoms with Gasteiger partial charge in [0.1, 0.15) is 6.61 Å². The molecule has 0 saturated carbocycles. The van der Waals surface area contributed by atoms with Crippen LogP contribution in [0, 0.1) is 0 Å². The van der Waals surface area contributed by atoms with Gasteiger partial charge in [0.25, 0.3) is 0 Å². The summed E-state index contributed by atoms with van der Waals surface area (Å²) in [5.41, 5.74) is 0.350. The highest BCUT2D eigenvalue weighted by Crippen LogP contribution is 1.94. The number of nitrogens with one attached hydrogen (secondary N) is 1. The van der Waals surface area contributed by atoms with E-state index in [1.54, 1.807) is 20.8 Å². The average Bonchev–Trinajstić information content (AvgIpc) is 2.50. The molecule has 9 nitrogen and oxygen atoms in total. The summed E-state index contributed by atoms with van der Waals surface area (Å²) in [5.74, 6) is -2.58. The largest absolute Gasteiger partial charge is 0.464 e. The number of ether oxygens (including phenoxy) is 3. The molecule has 24 heavy (non-hydrogen) atoms. The van der Waals surface area contributed by atoms with Gasteiger partial charge in [-0.1, -0.05) is 6.58 Å². The lowest BCUT2D eigenvalue weighted by Gasteiger charge is -2.14. The van der Waals surface area contributed by atoms with Gasteiger partial charge in [-0.15, -0.1) is 0 Å². The predicted molar refractivity (Wildman–Crippen MR) is 83.7 cm³/mol. The van der Waals surface area contributed by atoms with Crippen LogP contribution in [0.15, 0.2) is 12.2 Å². The zero-order valence-electron chi connectivity index (χ0n) is 14.4. The van der Waals surface area contributed by atoms with Gasteiger partial charge in [0.15, 0.2) is 0 Å². The summed E-state index contributed by atoms with van der Waals surface area (Å²) in [6.45, 7) is 9.49. The molecule has 138 valence electrons. The third kappa shape index (κ3) is 12.2. The summed E-state index contributed by atoms with van der Waals surface area (Å²) in [7, 11) is 0. The second-order valence-corrected chi connectivity index (χ2v) is 4.28. The molecule has 0 spiro atoms. The van der Waals surface area contributed by atoms with E-state index in [0.29, 0.717) is 5.57 Å². The number of aliphatic hydroxyl groups is 1. The van der Waals surface area contributed by atoms with Gasteiger partial charge in [-0.3, -0.25) is 4.79 Å². The molecule has 0 aliphatic rings. The maximum atomic E-state index is 11.3. The highest BCUT2D eigenvalue weighted by atomic mass is 16.6. The van der Waals surface area contributed by atoms with Gasteiger partial charge in [0, 0.05) is 12.5 Å². The van der Waals surface area contributed by atoms with Gasteiger partial charge in [0.05, 0.1) is 19.8 Å². The molecule has 0 aromatic carbocycles. The molecule has 0 fully saturated rings. The van der Waals surface area contributed by atoms with Crippen molar-refractivity contribution >= 4 is 23.8 Å². The normalized spacial score (nSPS) is 9.25. The minimum Gasteiger partial charge on any atom is -0.464 e. The molecule has 0 bridgehead atoms. The summed E-state index contributed by atoms with van der Waals surface area (Å²) in [5, 5.41) is 10.4. The Kier molecular flexibility index (Phi) is 14.1. The second-order valence-electron chi connectivity index (χ2n) is 4.28. The molecule has 2 N–H and O–H groups in total. The molecule has 1 amide bonds. The smallest absolute Gasteiger partial charge is 0.340 e. The minimum absolute atomic E-state index is 0.0473. The summed E-state index contributed by atoms with van der Waals surface area (Å²) in [4.78, 5) is 43.7. The van der Waals surface area contributed by atoms with Crippen LogP contribution >= 0.6 is 0 Å². The number of amides is 1. The topological polar surface area (TPSA) is 128 Å². The van der Waals surface area contributed by atoms with Crippen molar-refractivity contribution in [2.24, 2.45) is 0 Å². The molecule has 0 aliphatic heterocycles. The number of carbonyl (C=O) groups is 4. The molecule has 0 atom stereocenters. The van der Waals surface area contributed by atoms with Crippen molar-refractivity contribution in [2.45, 2.75) is 33.7 Å². The van der Waals surface area contributed by atoms with Crippen molar-refractivity contribution in [3.05, 3.63) is 12.2 Å². The van der Waals surface area contributed by atoms with Gasteiger partial charge in [-0.25, -0.2) is 14.4 Å². The van der Waals surface area contributed by atoms with Gasteiger partial charge in [0.2, 0.25) is 11.9 Å². The maximum Gasteiger partial charge on any atom is 0.340 e. The van der Waals surface area contributed by atoms with Crippen LogP contribution < -0.4 is 5.32 Å². The zero-order chi connectivity index (χ0) is 19.1. The third-order valence-corrected chi connectivity index (χ3v) is 2.07. The molecule has 0 aliphatic carbocycles. The van der Waals surface area contributed by atoms with E-state index in [9.17, 15) is 19.2 Å². The number of aliphatic hydroxyl groups excluding tert-OH is 1. The van der Waals surface area contributed by atoms with Crippen molar-refractivity contribution in [2.75, 3.05) is 26.4 Å². The van der Waals surface area contributed by atoms with Crippen molar-refractivity contribution in [1.82, 2.24) is 5.32 Å². The highest BCUT2D eigenvalue weighted by Gasteiger charge is 2.30. The molecule has 0 saturated heterocycles. The number of rotatable bonds is 8. The number of hydrogen-bond donors (Lipinski definition) is 2. The van der Waals surface area contributed by atoms with Crippen LogP contribution in [0.5, 0.6) is 0 Å². The molecule has 0 heterocycles. The Morgan fingerprint density at radius 2 is 1.46 bits per heavy atom. The van der Waals surface area contributed by atoms with Crippen molar-refractivity contribution in [3.8, 4) is 0 Å². The number of esters is 3. The van der Waals surface area contributed by atoms with Crippen molar-refractivity contribution in [3.63, 3.8) is 0 Å². The summed E-state index contributed by atoms with van der Waals surface area (Å²) in [6.07, 6.45) is 0. The lowest BCUT2D eigenvalue weighted by Crippen LogP contribution is -2.47. The van der Waals surface area contributed by atoms with Crippen LogP contribution in [-0.2, 0) is 33.4 Å². The van der Waals surface area contributed by atoms with Crippen LogP contribution in [0.25, 0.3) is 0 Å². The predicted octanol–water partition coefficient (Wildman–Crippen LogP) is -0.285. The van der Waals surface area contributed by atoms with Crippen LogP contribution in [0.4, 0.5) is 0 Å². The van der Waals surface area contributed by atoms with E-state index in [1.165, 1.54) is 6.92 Å². The Hall–Kier alpha value is -2.42. The summed E-state index contributed by atoms with van der Waals surface area (Å²) in [6, 6.07) is -1.37. The number of hydrogen-bond acceptors (Lipinski definition) is 8. The molecule has 0 aromatic rings. The average molecular weight is 347 g/mol. The van der Waals surface area contributed by atoms with E-state index in [2.05, 4.69) is 26.1 Å². The molecular weight excluding hydrogens is 322 g/mol. The molecular formula is C15H25NO8. The standard InChI is InChI=1S/C9H15NO5.C6H10O3/c1-4-14-8(12)7(10-6(3)11)9(13)15-5-2;1-5(2)6(8)9-4-3-7/h7H,4-5H2,1-3H3,(H,10,11);7H,1,3-4H2,2H3. The van der Waals surface area contributed by atoms with E-state index < -0.39 is 29.9 Å². The van der Waals surface area contributed by atoms with Gasteiger partial charge < -0.3 is 24.6 Å². The first-order valence-electron chi connectivity index (χ1n) is 7.24. The van der Waals surface area contributed by atoms with Crippen molar-refractivity contribution in [1.29, 1.82) is 0 Å². The fourth-order valence-electron chi connectivity index (χ4n) is 1.13. The molecule has 0 aromatic heterocycles. The van der Waals surface area contributed by atoms with Crippen molar-refractivity contribution < 1.29 is 38.5 Å². The molecule has 9 heteroatoms. The van der Waals surface area contributed by atoms with Gasteiger partial charge >= 0.3 is 17.9 Å². The van der Waals surface area contributed by atoms with E-state index in [1.807, 2.05) is 0 Å². The zero-order valence-corrected chi connectivity index (χ0v) is 14.4. The Balaban J connectivity index is 0. The van der Waals surface area contributed by atoms with Gasteiger partial charge in [-0.05, 0) is 20.8 Å². The third-order valence-electron chi connectivity index (χ3n) is 2.07. The summed E-state index contributed by atoms with van der Waals surface area (Å²) >= 11 is 0. The van der Waals surface area contributed by atoms with Crippen LogP contribution in [0.1, 0.15) is 27.7 Å². The maximum absolute atomic E-state index is 11.3. The first-order chi connectivity index (χ1) is 11.2. The fourth-order valence-corrected chi connectivity index (χ4v) is 1.13. The first kappa shape index (κ1) is 23.8. The second kappa shape index (κ2) is 14.2. The van der Waals surface area contributed by atoms with Crippen LogP contribution in [0.2, 0.25) is 0 Å². The lowest BCUT2D eigenvalue weighted by molar-refractivity contribution is -0.159. The Morgan fingerprint density at radius 1 is 1.00 bits per heavy atom.